The summed E-state index contributed by atoms with van der Waals surface area (Å²) in [4.78, 5) is 15.9. The average molecular weight is 406 g/mol. The smallest absolute Gasteiger partial charge is 0.188 e. The van der Waals surface area contributed by atoms with Gasteiger partial charge in [-0.2, -0.15) is 0 Å². The molecule has 0 saturated carbocycles. The number of aliphatic hydroxyl groups is 1. The molecule has 1 N–H and O–H groups in total. The van der Waals surface area contributed by atoms with Crippen LogP contribution < -0.4 is 0 Å². The highest BCUT2D eigenvalue weighted by atomic mass is 19.2. The van der Waals surface area contributed by atoms with Crippen molar-refractivity contribution in [2.45, 2.75) is 39.0 Å². The summed E-state index contributed by atoms with van der Waals surface area (Å²) >= 11 is 0. The highest BCUT2D eigenvalue weighted by Crippen LogP contribution is 2.22. The maximum atomic E-state index is 14.0. The average Bonchev–Trinajstić information content (AvgIpc) is 2.69. The SMILES string of the molecule is C[C@@H]1CN(Cc2cc(F)c(F)cc2F)C[C@H](C)N1Cc1ccc(C(=O)CO)cc1. The van der Waals surface area contributed by atoms with Crippen LogP contribution in [0.2, 0.25) is 0 Å². The number of aliphatic hydroxyl groups excluding tert-OH is 1. The van der Waals surface area contributed by atoms with E-state index in [4.69, 9.17) is 5.11 Å². The molecule has 7 heteroatoms. The molecule has 1 fully saturated rings. The number of hydrogen-bond donors (Lipinski definition) is 1. The molecule has 2 atom stereocenters. The van der Waals surface area contributed by atoms with Crippen molar-refractivity contribution >= 4 is 5.78 Å². The molecule has 0 radical (unpaired) electrons. The monoisotopic (exact) mass is 406 g/mol. The molecule has 0 unspecified atom stereocenters. The number of carbonyl (C=O) groups is 1. The summed E-state index contributed by atoms with van der Waals surface area (Å²) in [5.41, 5.74) is 1.69. The summed E-state index contributed by atoms with van der Waals surface area (Å²) in [5.74, 6) is -3.26. The summed E-state index contributed by atoms with van der Waals surface area (Å²) in [5, 5.41) is 8.94. The second-order valence-corrected chi connectivity index (χ2v) is 7.70. The Morgan fingerprint density at radius 1 is 0.966 bits per heavy atom. The van der Waals surface area contributed by atoms with Gasteiger partial charge in [0, 0.05) is 55.5 Å². The lowest BCUT2D eigenvalue weighted by atomic mass is 10.0. The molecule has 0 aromatic heterocycles. The van der Waals surface area contributed by atoms with Gasteiger partial charge in [-0.05, 0) is 25.5 Å². The summed E-state index contributed by atoms with van der Waals surface area (Å²) in [6, 6.07) is 9.06. The largest absolute Gasteiger partial charge is 0.388 e. The Labute approximate surface area is 168 Å². The summed E-state index contributed by atoms with van der Waals surface area (Å²) in [7, 11) is 0. The van der Waals surface area contributed by atoms with Crippen molar-refractivity contribution in [2.24, 2.45) is 0 Å². The van der Waals surface area contributed by atoms with Crippen molar-refractivity contribution in [2.75, 3.05) is 19.7 Å². The second kappa shape index (κ2) is 9.07. The van der Waals surface area contributed by atoms with Gasteiger partial charge in [-0.15, -0.1) is 0 Å². The fourth-order valence-electron chi connectivity index (χ4n) is 3.93. The van der Waals surface area contributed by atoms with Crippen LogP contribution in [0.25, 0.3) is 0 Å². The number of ketones is 1. The van der Waals surface area contributed by atoms with Gasteiger partial charge in [-0.3, -0.25) is 14.6 Å². The lowest BCUT2D eigenvalue weighted by molar-refractivity contribution is 0.0285. The molecule has 29 heavy (non-hydrogen) atoms. The van der Waals surface area contributed by atoms with Crippen LogP contribution in [0.1, 0.15) is 35.3 Å². The van der Waals surface area contributed by atoms with Crippen molar-refractivity contribution in [3.05, 3.63) is 70.5 Å². The first kappa shape index (κ1) is 21.5. The molecule has 0 amide bonds. The third-order valence-electron chi connectivity index (χ3n) is 5.45. The van der Waals surface area contributed by atoms with Gasteiger partial charge >= 0.3 is 0 Å². The van der Waals surface area contributed by atoms with Crippen molar-refractivity contribution < 1.29 is 23.1 Å². The molecule has 0 bridgehead atoms. The molecule has 1 heterocycles. The minimum absolute atomic E-state index is 0.154. The van der Waals surface area contributed by atoms with Gasteiger partial charge in [0.2, 0.25) is 0 Å². The number of hydrogen-bond acceptors (Lipinski definition) is 4. The van der Waals surface area contributed by atoms with Crippen LogP contribution in [0.4, 0.5) is 13.2 Å². The highest BCUT2D eigenvalue weighted by molar-refractivity contribution is 5.96. The summed E-state index contributed by atoms with van der Waals surface area (Å²) in [6.07, 6.45) is 0. The summed E-state index contributed by atoms with van der Waals surface area (Å²) < 4.78 is 40.6. The fourth-order valence-corrected chi connectivity index (χ4v) is 3.93. The molecule has 0 aliphatic carbocycles. The molecule has 1 saturated heterocycles. The van der Waals surface area contributed by atoms with E-state index in [9.17, 15) is 18.0 Å². The van der Waals surface area contributed by atoms with Gasteiger partial charge in [-0.1, -0.05) is 24.3 Å². The van der Waals surface area contributed by atoms with Gasteiger partial charge in [0.1, 0.15) is 12.4 Å². The van der Waals surface area contributed by atoms with E-state index < -0.39 is 24.1 Å². The highest BCUT2D eigenvalue weighted by Gasteiger charge is 2.30. The number of piperazine rings is 1. The molecule has 4 nitrogen and oxygen atoms in total. The van der Waals surface area contributed by atoms with E-state index in [1.54, 1.807) is 12.1 Å². The molecule has 156 valence electrons. The van der Waals surface area contributed by atoms with Gasteiger partial charge < -0.3 is 5.11 Å². The predicted molar refractivity (Wildman–Crippen MR) is 104 cm³/mol. The Hall–Kier alpha value is -2.22. The number of rotatable bonds is 6. The van der Waals surface area contributed by atoms with Gasteiger partial charge in [0.05, 0.1) is 0 Å². The molecule has 1 aliphatic rings. The van der Waals surface area contributed by atoms with Crippen LogP contribution in [0.15, 0.2) is 36.4 Å². The number of Topliss-reactive ketones (excluding diaryl/α,β-unsaturated/α-hetero) is 1. The third-order valence-corrected chi connectivity index (χ3v) is 5.45. The van der Waals surface area contributed by atoms with Crippen molar-refractivity contribution in [1.29, 1.82) is 0 Å². The van der Waals surface area contributed by atoms with E-state index in [1.807, 2.05) is 17.0 Å². The van der Waals surface area contributed by atoms with Crippen LogP contribution in [-0.2, 0) is 13.1 Å². The van der Waals surface area contributed by atoms with Crippen molar-refractivity contribution in [3.63, 3.8) is 0 Å². The lowest BCUT2D eigenvalue weighted by Crippen LogP contribution is -2.55. The predicted octanol–water partition coefficient (Wildman–Crippen LogP) is 3.37. The molecule has 1 aliphatic heterocycles. The first-order valence-corrected chi connectivity index (χ1v) is 9.63. The Kier molecular flexibility index (Phi) is 6.72. The first-order valence-electron chi connectivity index (χ1n) is 9.63. The number of halogens is 3. The Morgan fingerprint density at radius 2 is 1.55 bits per heavy atom. The van der Waals surface area contributed by atoms with E-state index in [-0.39, 0.29) is 30.0 Å². The van der Waals surface area contributed by atoms with Crippen LogP contribution >= 0.6 is 0 Å². The maximum Gasteiger partial charge on any atom is 0.188 e. The standard InChI is InChI=1S/C22H25F3N2O2/c1-14-9-26(12-18-7-20(24)21(25)8-19(18)23)10-15(2)27(14)11-16-3-5-17(6-4-16)22(29)13-28/h3-8,14-15,28H,9-13H2,1-2H3/t14-,15+. The molecular weight excluding hydrogens is 381 g/mol. The quantitative estimate of drug-likeness (QED) is 0.590. The van der Waals surface area contributed by atoms with Crippen LogP contribution in [0.5, 0.6) is 0 Å². The van der Waals surface area contributed by atoms with Crippen LogP contribution in [-0.4, -0.2) is 52.5 Å². The van der Waals surface area contributed by atoms with Crippen molar-refractivity contribution in [1.82, 2.24) is 9.80 Å². The van der Waals surface area contributed by atoms with E-state index in [1.165, 1.54) is 0 Å². The zero-order valence-corrected chi connectivity index (χ0v) is 16.5. The Balaban J connectivity index is 1.64. The number of nitrogens with zero attached hydrogens (tertiary/aromatic N) is 2. The van der Waals surface area contributed by atoms with E-state index in [2.05, 4.69) is 18.7 Å². The number of benzene rings is 2. The number of carbonyl (C=O) groups excluding carboxylic acids is 1. The van der Waals surface area contributed by atoms with Gasteiger partial charge in [0.25, 0.3) is 0 Å². The molecule has 3 rings (SSSR count). The molecule has 0 spiro atoms. The molecule has 2 aromatic rings. The summed E-state index contributed by atoms with van der Waals surface area (Å²) in [6.45, 7) is 5.91. The Bertz CT molecular complexity index is 861. The van der Waals surface area contributed by atoms with E-state index in [0.717, 1.165) is 11.6 Å². The zero-order valence-electron chi connectivity index (χ0n) is 16.5. The van der Waals surface area contributed by atoms with E-state index >= 15 is 0 Å². The minimum Gasteiger partial charge on any atom is -0.388 e. The van der Waals surface area contributed by atoms with Gasteiger partial charge in [0.15, 0.2) is 17.4 Å². The van der Waals surface area contributed by atoms with Crippen LogP contribution in [0, 0.1) is 17.5 Å². The van der Waals surface area contributed by atoms with Crippen molar-refractivity contribution in [3.8, 4) is 0 Å². The minimum atomic E-state index is -1.18. The van der Waals surface area contributed by atoms with E-state index in [0.29, 0.717) is 31.3 Å². The molecular formula is C22H25F3N2O2. The third kappa shape index (κ3) is 5.04. The fraction of sp³-hybridized carbons (Fsp3) is 0.409. The second-order valence-electron chi connectivity index (χ2n) is 7.70. The zero-order chi connectivity index (χ0) is 21.1. The lowest BCUT2D eigenvalue weighted by Gasteiger charge is -2.44. The maximum absolute atomic E-state index is 14.0. The first-order chi connectivity index (χ1) is 13.8. The van der Waals surface area contributed by atoms with Crippen LogP contribution in [0.3, 0.4) is 0 Å². The molecule has 2 aromatic carbocycles. The topological polar surface area (TPSA) is 43.8 Å². The van der Waals surface area contributed by atoms with Gasteiger partial charge in [-0.25, -0.2) is 13.2 Å². The Morgan fingerprint density at radius 3 is 2.14 bits per heavy atom. The normalized spacial score (nSPS) is 20.8.